The van der Waals surface area contributed by atoms with Gasteiger partial charge in [-0.15, -0.1) is 11.3 Å². The third-order valence-electron chi connectivity index (χ3n) is 4.86. The number of rotatable bonds is 0. The average molecular weight is 324 g/mol. The van der Waals surface area contributed by atoms with Gasteiger partial charge in [0, 0.05) is 36.3 Å². The van der Waals surface area contributed by atoms with Gasteiger partial charge in [0.2, 0.25) is 0 Å². The minimum atomic E-state index is 0.955. The second-order valence-corrected chi connectivity index (χ2v) is 7.26. The largest absolute Gasteiger partial charge is 0.456 e. The van der Waals surface area contributed by atoms with E-state index in [4.69, 9.17) is 4.42 Å². The summed E-state index contributed by atoms with van der Waals surface area (Å²) in [7, 11) is 0. The van der Waals surface area contributed by atoms with Gasteiger partial charge in [-0.25, -0.2) is 0 Å². The van der Waals surface area contributed by atoms with Crippen molar-refractivity contribution in [3.8, 4) is 0 Å². The van der Waals surface area contributed by atoms with E-state index in [2.05, 4.69) is 60.7 Å². The molecule has 6 rings (SSSR count). The van der Waals surface area contributed by atoms with E-state index < -0.39 is 0 Å². The fourth-order valence-electron chi connectivity index (χ4n) is 3.85. The zero-order chi connectivity index (χ0) is 15.7. The van der Waals surface area contributed by atoms with Crippen LogP contribution in [0.1, 0.15) is 0 Å². The van der Waals surface area contributed by atoms with Crippen LogP contribution in [0.2, 0.25) is 0 Å². The quantitative estimate of drug-likeness (QED) is 0.290. The van der Waals surface area contributed by atoms with Crippen LogP contribution < -0.4 is 0 Å². The van der Waals surface area contributed by atoms with Gasteiger partial charge in [0.1, 0.15) is 11.2 Å². The normalized spacial score (nSPS) is 12.2. The van der Waals surface area contributed by atoms with Crippen LogP contribution in [0.25, 0.3) is 52.9 Å². The van der Waals surface area contributed by atoms with E-state index in [0.717, 1.165) is 11.2 Å². The molecule has 2 heteroatoms. The Labute approximate surface area is 141 Å². The third-order valence-corrected chi connectivity index (χ3v) is 6.00. The van der Waals surface area contributed by atoms with Crippen molar-refractivity contribution in [1.29, 1.82) is 0 Å². The Kier molecular flexibility index (Phi) is 2.29. The van der Waals surface area contributed by atoms with Crippen molar-refractivity contribution >= 4 is 64.2 Å². The van der Waals surface area contributed by atoms with E-state index in [0.29, 0.717) is 0 Å². The molecule has 0 amide bonds. The number of hydrogen-bond acceptors (Lipinski definition) is 2. The molecule has 0 atom stereocenters. The zero-order valence-corrected chi connectivity index (χ0v) is 13.6. The number of fused-ring (bicyclic) bond motifs is 9. The van der Waals surface area contributed by atoms with Crippen molar-refractivity contribution in [1.82, 2.24) is 0 Å². The van der Waals surface area contributed by atoms with Crippen LogP contribution in [0.3, 0.4) is 0 Å². The summed E-state index contributed by atoms with van der Waals surface area (Å²) in [5.74, 6) is 0. The first-order valence-corrected chi connectivity index (χ1v) is 8.86. The number of para-hydroxylation sites is 1. The summed E-state index contributed by atoms with van der Waals surface area (Å²) in [4.78, 5) is 0. The first kappa shape index (κ1) is 12.6. The van der Waals surface area contributed by atoms with E-state index in [9.17, 15) is 0 Å². The van der Waals surface area contributed by atoms with Crippen LogP contribution in [0.4, 0.5) is 0 Å². The molecule has 2 heterocycles. The van der Waals surface area contributed by atoms with Crippen LogP contribution >= 0.6 is 11.3 Å². The molecule has 24 heavy (non-hydrogen) atoms. The summed E-state index contributed by atoms with van der Waals surface area (Å²) in [5.41, 5.74) is 1.92. The van der Waals surface area contributed by atoms with Gasteiger partial charge in [0.25, 0.3) is 0 Å². The number of thiophene rings is 1. The summed E-state index contributed by atoms with van der Waals surface area (Å²) in [6.45, 7) is 0. The molecular weight excluding hydrogens is 312 g/mol. The highest BCUT2D eigenvalue weighted by molar-refractivity contribution is 7.26. The van der Waals surface area contributed by atoms with E-state index >= 15 is 0 Å². The van der Waals surface area contributed by atoms with Crippen molar-refractivity contribution in [2.75, 3.05) is 0 Å². The highest BCUT2D eigenvalue weighted by atomic mass is 32.1. The highest BCUT2D eigenvalue weighted by Crippen LogP contribution is 2.43. The molecule has 112 valence electrons. The Morgan fingerprint density at radius 2 is 1.33 bits per heavy atom. The molecule has 0 aliphatic carbocycles. The van der Waals surface area contributed by atoms with Gasteiger partial charge in [0.15, 0.2) is 0 Å². The van der Waals surface area contributed by atoms with Gasteiger partial charge in [0.05, 0.1) is 0 Å². The Bertz CT molecular complexity index is 1300. The lowest BCUT2D eigenvalue weighted by molar-refractivity contribution is 0.669. The molecule has 0 fully saturated rings. The summed E-state index contributed by atoms with van der Waals surface area (Å²) >= 11 is 1.86. The first-order valence-electron chi connectivity index (χ1n) is 8.04. The lowest BCUT2D eigenvalue weighted by Gasteiger charge is -2.03. The molecule has 0 radical (unpaired) electrons. The Morgan fingerprint density at radius 1 is 0.542 bits per heavy atom. The number of benzene rings is 4. The molecule has 1 nitrogen and oxygen atoms in total. The fraction of sp³-hybridized carbons (Fsp3) is 0. The van der Waals surface area contributed by atoms with Crippen LogP contribution in [0.5, 0.6) is 0 Å². The minimum absolute atomic E-state index is 0.955. The van der Waals surface area contributed by atoms with Crippen LogP contribution in [0, 0.1) is 0 Å². The molecule has 0 N–H and O–H groups in total. The molecule has 4 aromatic carbocycles. The maximum absolute atomic E-state index is 6.10. The van der Waals surface area contributed by atoms with Crippen LogP contribution in [0.15, 0.2) is 77.2 Å². The van der Waals surface area contributed by atoms with Gasteiger partial charge in [-0.2, -0.15) is 0 Å². The molecule has 0 saturated carbocycles. The summed E-state index contributed by atoms with van der Waals surface area (Å²) in [6, 6.07) is 25.7. The second kappa shape index (κ2) is 4.37. The molecule has 0 spiro atoms. The van der Waals surface area contributed by atoms with Crippen molar-refractivity contribution in [2.24, 2.45) is 0 Å². The molecule has 0 unspecified atom stereocenters. The molecule has 6 aromatic rings. The SMILES string of the molecule is c1ccc2c(c1)oc1ccc3ccc4sc5ccccc5c4c3c12. The van der Waals surface area contributed by atoms with Gasteiger partial charge < -0.3 is 4.42 Å². The topological polar surface area (TPSA) is 13.1 Å². The molecular formula is C22H12OS. The lowest BCUT2D eigenvalue weighted by atomic mass is 9.99. The summed E-state index contributed by atoms with van der Waals surface area (Å²) in [5, 5.41) is 7.70. The predicted octanol–water partition coefficient (Wildman–Crippen LogP) is 7.11. The van der Waals surface area contributed by atoms with Crippen LogP contribution in [-0.2, 0) is 0 Å². The zero-order valence-electron chi connectivity index (χ0n) is 12.7. The van der Waals surface area contributed by atoms with Gasteiger partial charge in [-0.3, -0.25) is 0 Å². The van der Waals surface area contributed by atoms with E-state index in [1.165, 1.54) is 41.7 Å². The monoisotopic (exact) mass is 324 g/mol. The average Bonchev–Trinajstić information content (AvgIpc) is 3.19. The lowest BCUT2D eigenvalue weighted by Crippen LogP contribution is -1.77. The fourth-order valence-corrected chi connectivity index (χ4v) is 4.96. The highest BCUT2D eigenvalue weighted by Gasteiger charge is 2.15. The first-order chi connectivity index (χ1) is 11.9. The second-order valence-electron chi connectivity index (χ2n) is 6.17. The Balaban J connectivity index is 2.02. The summed E-state index contributed by atoms with van der Waals surface area (Å²) in [6.07, 6.45) is 0. The number of furan rings is 1. The van der Waals surface area contributed by atoms with Gasteiger partial charge >= 0.3 is 0 Å². The molecule has 0 bridgehead atoms. The van der Waals surface area contributed by atoms with E-state index in [1.807, 2.05) is 23.5 Å². The standard InChI is InChI=1S/C22H12OS/c1-3-7-16-14(5-1)21-17(23-16)11-9-13-10-12-19-22(20(13)21)15-6-2-4-8-18(15)24-19/h1-12H. The van der Waals surface area contributed by atoms with Crippen molar-refractivity contribution < 1.29 is 4.42 Å². The maximum atomic E-state index is 6.10. The van der Waals surface area contributed by atoms with Gasteiger partial charge in [-0.1, -0.05) is 48.5 Å². The maximum Gasteiger partial charge on any atom is 0.136 e. The van der Waals surface area contributed by atoms with Gasteiger partial charge in [-0.05, 0) is 29.7 Å². The molecule has 0 saturated heterocycles. The smallest absolute Gasteiger partial charge is 0.136 e. The van der Waals surface area contributed by atoms with Crippen molar-refractivity contribution in [3.05, 3.63) is 72.8 Å². The molecule has 2 aromatic heterocycles. The Morgan fingerprint density at radius 3 is 2.29 bits per heavy atom. The summed E-state index contributed by atoms with van der Waals surface area (Å²) < 4.78 is 8.77. The molecule has 0 aliphatic heterocycles. The predicted molar refractivity (Wildman–Crippen MR) is 104 cm³/mol. The molecule has 0 aliphatic rings. The third kappa shape index (κ3) is 1.49. The van der Waals surface area contributed by atoms with Crippen molar-refractivity contribution in [3.63, 3.8) is 0 Å². The Hall–Kier alpha value is -2.84. The van der Waals surface area contributed by atoms with Crippen molar-refractivity contribution in [2.45, 2.75) is 0 Å². The van der Waals surface area contributed by atoms with E-state index in [-0.39, 0.29) is 0 Å². The van der Waals surface area contributed by atoms with E-state index in [1.54, 1.807) is 0 Å². The van der Waals surface area contributed by atoms with Crippen LogP contribution in [-0.4, -0.2) is 0 Å². The number of hydrogen-bond donors (Lipinski definition) is 0. The minimum Gasteiger partial charge on any atom is -0.456 e.